The van der Waals surface area contributed by atoms with Crippen LogP contribution in [0.5, 0.6) is 5.75 Å². The van der Waals surface area contributed by atoms with Crippen molar-refractivity contribution in [2.24, 2.45) is 0 Å². The number of nitro groups is 1. The molecule has 0 atom stereocenters. The first-order valence-corrected chi connectivity index (χ1v) is 9.15. The second-order valence-corrected chi connectivity index (χ2v) is 6.53. The molecule has 9 nitrogen and oxygen atoms in total. The van der Waals surface area contributed by atoms with Crippen molar-refractivity contribution in [2.45, 2.75) is 38.4 Å². The zero-order valence-corrected chi connectivity index (χ0v) is 15.5. The second-order valence-electron chi connectivity index (χ2n) is 6.53. The minimum atomic E-state index is -0.929. The monoisotopic (exact) mass is 400 g/mol. The topological polar surface area (TPSA) is 117 Å². The van der Waals surface area contributed by atoms with Crippen LogP contribution in [0.3, 0.4) is 0 Å². The molecule has 9 heteroatoms. The van der Waals surface area contributed by atoms with E-state index < -0.39 is 17.2 Å². The molecule has 3 rings (SSSR count). The number of hydrogen-bond acceptors (Lipinski definition) is 7. The van der Waals surface area contributed by atoms with Crippen LogP contribution in [0.15, 0.2) is 48.5 Å². The summed E-state index contributed by atoms with van der Waals surface area (Å²) in [5.74, 6) is 0.140. The zero-order chi connectivity index (χ0) is 20.6. The number of nitrogens with one attached hydrogen (secondary N) is 1. The number of nitrogens with zero attached hydrogens (tertiary/aromatic N) is 1. The van der Waals surface area contributed by atoms with Gasteiger partial charge in [0.1, 0.15) is 18.5 Å². The van der Waals surface area contributed by atoms with Crippen LogP contribution in [0.4, 0.5) is 21.0 Å². The Labute approximate surface area is 166 Å². The van der Waals surface area contributed by atoms with Gasteiger partial charge in [0.15, 0.2) is 0 Å². The third-order valence-electron chi connectivity index (χ3n) is 4.38. The number of benzene rings is 2. The average Bonchev–Trinajstić information content (AvgIpc) is 3.20. The van der Waals surface area contributed by atoms with Crippen LogP contribution in [-0.2, 0) is 16.1 Å². The van der Waals surface area contributed by atoms with Crippen molar-refractivity contribution < 1.29 is 28.7 Å². The number of nitro benzene ring substituents is 1. The average molecular weight is 400 g/mol. The number of hydrogen-bond donors (Lipinski definition) is 1. The summed E-state index contributed by atoms with van der Waals surface area (Å²) >= 11 is 0. The molecular weight excluding hydrogens is 380 g/mol. The number of anilines is 1. The van der Waals surface area contributed by atoms with Gasteiger partial charge in [-0.05, 0) is 55.5 Å². The first-order chi connectivity index (χ1) is 14.0. The lowest BCUT2D eigenvalue weighted by Gasteiger charge is -2.12. The molecule has 1 N–H and O–H groups in total. The Kier molecular flexibility index (Phi) is 6.62. The van der Waals surface area contributed by atoms with E-state index in [1.54, 1.807) is 24.3 Å². The third-order valence-corrected chi connectivity index (χ3v) is 4.38. The van der Waals surface area contributed by atoms with Crippen LogP contribution >= 0.6 is 0 Å². The van der Waals surface area contributed by atoms with Gasteiger partial charge in [-0.1, -0.05) is 12.1 Å². The number of carbonyl (C=O) groups excluding carboxylic acids is 2. The van der Waals surface area contributed by atoms with Crippen LogP contribution in [0, 0.1) is 10.1 Å². The SMILES string of the molecule is O=C(Nc1ccc(COC(=O)Oc2ccc([N+](=O)[O-])cc2)cc1)OC1CCCC1. The van der Waals surface area contributed by atoms with Crippen molar-refractivity contribution in [3.05, 3.63) is 64.2 Å². The molecule has 0 saturated heterocycles. The number of non-ortho nitro benzene ring substituents is 1. The number of carbonyl (C=O) groups is 2. The van der Waals surface area contributed by atoms with Gasteiger partial charge in [-0.2, -0.15) is 0 Å². The molecule has 1 saturated carbocycles. The number of ether oxygens (including phenoxy) is 3. The minimum Gasteiger partial charge on any atom is -0.446 e. The summed E-state index contributed by atoms with van der Waals surface area (Å²) in [5, 5.41) is 13.3. The van der Waals surface area contributed by atoms with Crippen molar-refractivity contribution in [3.8, 4) is 5.75 Å². The summed E-state index contributed by atoms with van der Waals surface area (Å²) < 4.78 is 15.3. The zero-order valence-electron chi connectivity index (χ0n) is 15.5. The molecule has 1 aliphatic rings. The Morgan fingerprint density at radius 1 is 1.03 bits per heavy atom. The van der Waals surface area contributed by atoms with Crippen LogP contribution in [-0.4, -0.2) is 23.3 Å². The van der Waals surface area contributed by atoms with E-state index in [1.165, 1.54) is 24.3 Å². The van der Waals surface area contributed by atoms with Gasteiger partial charge in [-0.25, -0.2) is 9.59 Å². The highest BCUT2D eigenvalue weighted by molar-refractivity contribution is 5.84. The lowest BCUT2D eigenvalue weighted by Crippen LogP contribution is -2.20. The molecule has 2 aromatic rings. The first kappa shape index (κ1) is 20.1. The summed E-state index contributed by atoms with van der Waals surface area (Å²) in [6.07, 6.45) is 2.55. The molecule has 1 amide bonds. The predicted molar refractivity (Wildman–Crippen MR) is 103 cm³/mol. The van der Waals surface area contributed by atoms with Gasteiger partial charge in [-0.15, -0.1) is 0 Å². The Hall–Kier alpha value is -3.62. The molecule has 1 fully saturated rings. The van der Waals surface area contributed by atoms with Gasteiger partial charge in [0.05, 0.1) is 4.92 Å². The van der Waals surface area contributed by atoms with Gasteiger partial charge in [0, 0.05) is 17.8 Å². The lowest BCUT2D eigenvalue weighted by molar-refractivity contribution is -0.384. The summed E-state index contributed by atoms with van der Waals surface area (Å²) in [6.45, 7) is -0.0292. The van der Waals surface area contributed by atoms with Crippen LogP contribution in [0.1, 0.15) is 31.2 Å². The fourth-order valence-corrected chi connectivity index (χ4v) is 2.89. The normalized spacial score (nSPS) is 13.5. The quantitative estimate of drug-likeness (QED) is 0.320. The first-order valence-electron chi connectivity index (χ1n) is 9.15. The Bertz CT molecular complexity index is 859. The molecule has 0 bridgehead atoms. The minimum absolute atomic E-state index is 0.00978. The van der Waals surface area contributed by atoms with E-state index in [0.717, 1.165) is 25.7 Å². The number of amides is 1. The molecular formula is C20H20N2O7. The summed E-state index contributed by atoms with van der Waals surface area (Å²) in [5.41, 5.74) is 1.16. The molecule has 29 heavy (non-hydrogen) atoms. The molecule has 2 aromatic carbocycles. The van der Waals surface area contributed by atoms with Gasteiger partial charge in [-0.3, -0.25) is 15.4 Å². The van der Waals surface area contributed by atoms with E-state index in [0.29, 0.717) is 11.3 Å². The van der Waals surface area contributed by atoms with Crippen LogP contribution in [0.2, 0.25) is 0 Å². The highest BCUT2D eigenvalue weighted by Crippen LogP contribution is 2.22. The largest absolute Gasteiger partial charge is 0.514 e. The van der Waals surface area contributed by atoms with E-state index in [1.807, 2.05) is 0 Å². The fourth-order valence-electron chi connectivity index (χ4n) is 2.89. The molecule has 1 aliphatic carbocycles. The van der Waals surface area contributed by atoms with Crippen molar-refractivity contribution in [2.75, 3.05) is 5.32 Å². The molecule has 0 heterocycles. The van der Waals surface area contributed by atoms with Crippen LogP contribution in [0.25, 0.3) is 0 Å². The highest BCUT2D eigenvalue weighted by Gasteiger charge is 2.19. The molecule has 0 aromatic heterocycles. The van der Waals surface area contributed by atoms with Gasteiger partial charge < -0.3 is 14.2 Å². The van der Waals surface area contributed by atoms with Crippen molar-refractivity contribution in [3.63, 3.8) is 0 Å². The maximum atomic E-state index is 11.8. The molecule has 0 spiro atoms. The standard InChI is InChI=1S/C20H20N2O7/c23-19(28-17-3-1-2-4-17)21-15-7-5-14(6-8-15)13-27-20(24)29-18-11-9-16(10-12-18)22(25)26/h5-12,17H,1-4,13H2,(H,21,23). The maximum Gasteiger partial charge on any atom is 0.514 e. The van der Waals surface area contributed by atoms with E-state index >= 15 is 0 Å². The highest BCUT2D eigenvalue weighted by atomic mass is 16.7. The van der Waals surface area contributed by atoms with E-state index in [9.17, 15) is 19.7 Å². The van der Waals surface area contributed by atoms with E-state index in [-0.39, 0.29) is 24.1 Å². The maximum absolute atomic E-state index is 11.8. The molecule has 152 valence electrons. The van der Waals surface area contributed by atoms with Gasteiger partial charge in [0.2, 0.25) is 0 Å². The Morgan fingerprint density at radius 2 is 1.69 bits per heavy atom. The smallest absolute Gasteiger partial charge is 0.446 e. The van der Waals surface area contributed by atoms with Crippen molar-refractivity contribution in [1.82, 2.24) is 0 Å². The molecule has 0 aliphatic heterocycles. The predicted octanol–water partition coefficient (Wildman–Crippen LogP) is 4.80. The lowest BCUT2D eigenvalue weighted by atomic mass is 10.2. The summed E-state index contributed by atoms with van der Waals surface area (Å²) in [7, 11) is 0. The fraction of sp³-hybridized carbons (Fsp3) is 0.300. The third kappa shape index (κ3) is 6.20. The van der Waals surface area contributed by atoms with Gasteiger partial charge >= 0.3 is 12.2 Å². The molecule has 0 unspecified atom stereocenters. The summed E-state index contributed by atoms with van der Waals surface area (Å²) in [6, 6.07) is 11.8. The van der Waals surface area contributed by atoms with Crippen molar-refractivity contribution in [1.29, 1.82) is 0 Å². The van der Waals surface area contributed by atoms with Crippen molar-refractivity contribution >= 4 is 23.6 Å². The van der Waals surface area contributed by atoms with E-state index in [2.05, 4.69) is 5.32 Å². The van der Waals surface area contributed by atoms with E-state index in [4.69, 9.17) is 14.2 Å². The molecule has 0 radical (unpaired) electrons. The number of rotatable bonds is 6. The summed E-state index contributed by atoms with van der Waals surface area (Å²) in [4.78, 5) is 33.6. The second kappa shape index (κ2) is 9.54. The van der Waals surface area contributed by atoms with Gasteiger partial charge in [0.25, 0.3) is 5.69 Å². The Morgan fingerprint density at radius 3 is 2.31 bits per heavy atom. The Balaban J connectivity index is 1.42. The van der Waals surface area contributed by atoms with Crippen LogP contribution < -0.4 is 10.1 Å².